The summed E-state index contributed by atoms with van der Waals surface area (Å²) in [6.07, 6.45) is 37.1. The molecule has 0 spiro atoms. The highest BCUT2D eigenvalue weighted by Gasteiger charge is 2.17. The molecule has 0 aliphatic rings. The summed E-state index contributed by atoms with van der Waals surface area (Å²) >= 11 is 0. The predicted molar refractivity (Wildman–Crippen MR) is 205 cm³/mol. The normalized spacial score (nSPS) is 13.1. The summed E-state index contributed by atoms with van der Waals surface area (Å²) in [6, 6.07) is 0. The molecule has 0 amide bonds. The smallest absolute Gasteiger partial charge is 0.305 e. The maximum absolute atomic E-state index is 12.0. The number of ether oxygens (including phenoxy) is 3. The number of quaternary nitrogens is 1. The fourth-order valence-corrected chi connectivity index (χ4v) is 6.24. The van der Waals surface area contributed by atoms with Crippen molar-refractivity contribution in [2.75, 3.05) is 47.5 Å². The zero-order valence-electron chi connectivity index (χ0n) is 33.5. The Morgan fingerprint density at radius 1 is 0.540 bits per heavy atom. The Labute approximate surface area is 309 Å². The molecule has 0 bridgehead atoms. The van der Waals surface area contributed by atoms with Crippen molar-refractivity contribution in [3.63, 3.8) is 0 Å². The van der Waals surface area contributed by atoms with Crippen LogP contribution in [-0.4, -0.2) is 81.4 Å². The molecule has 0 saturated carbocycles. The molecule has 50 heavy (non-hydrogen) atoms. The number of carbonyl (C=O) groups excluding carboxylic acids is 2. The Morgan fingerprint density at radius 2 is 0.880 bits per heavy atom. The quantitative estimate of drug-likeness (QED) is 0.0292. The molecule has 0 aliphatic heterocycles. The zero-order chi connectivity index (χ0) is 37.0. The first-order valence-electron chi connectivity index (χ1n) is 21.2. The molecule has 0 aromatic carbocycles. The molecule has 2 unspecified atom stereocenters. The van der Waals surface area contributed by atoms with Gasteiger partial charge in [0.2, 0.25) is 0 Å². The van der Waals surface area contributed by atoms with Gasteiger partial charge in [-0.05, 0) is 6.42 Å². The van der Waals surface area contributed by atoms with E-state index >= 15 is 0 Å². The number of likely N-dealkylation sites (N-methyl/N-ethyl adjacent to an activating group) is 1. The molecule has 0 aliphatic carbocycles. The van der Waals surface area contributed by atoms with E-state index in [2.05, 4.69) is 6.92 Å². The molecule has 0 aromatic rings. The van der Waals surface area contributed by atoms with Crippen LogP contribution in [0.4, 0.5) is 0 Å². The van der Waals surface area contributed by atoms with Crippen LogP contribution in [0, 0.1) is 0 Å². The molecule has 0 fully saturated rings. The van der Waals surface area contributed by atoms with E-state index in [9.17, 15) is 19.8 Å². The number of nitrogens with zero attached hydrogens (tertiary/aromatic N) is 1. The fraction of sp³-hybridized carbons (Fsp3) is 0.952. The van der Waals surface area contributed by atoms with E-state index in [0.717, 1.165) is 19.3 Å². The van der Waals surface area contributed by atoms with Crippen molar-refractivity contribution >= 4 is 11.9 Å². The number of aliphatic hydroxyl groups is 1. The van der Waals surface area contributed by atoms with Crippen LogP contribution < -0.4 is 5.11 Å². The van der Waals surface area contributed by atoms with Crippen molar-refractivity contribution in [1.29, 1.82) is 0 Å². The second-order valence-electron chi connectivity index (χ2n) is 15.9. The van der Waals surface area contributed by atoms with Gasteiger partial charge in [0, 0.05) is 6.42 Å². The molecule has 2 atom stereocenters. The van der Waals surface area contributed by atoms with Gasteiger partial charge in [0.15, 0.2) is 6.29 Å². The maximum atomic E-state index is 12.0. The highest BCUT2D eigenvalue weighted by atomic mass is 16.7. The molecule has 8 nitrogen and oxygen atoms in total. The van der Waals surface area contributed by atoms with Crippen LogP contribution in [0.1, 0.15) is 200 Å². The summed E-state index contributed by atoms with van der Waals surface area (Å²) < 4.78 is 16.0. The van der Waals surface area contributed by atoms with Gasteiger partial charge in [-0.3, -0.25) is 4.79 Å². The van der Waals surface area contributed by atoms with Gasteiger partial charge >= 0.3 is 5.97 Å². The number of rotatable bonds is 40. The standard InChI is InChI=1S/C42H83NO7/c1-5-6-7-8-9-10-11-12-13-14-15-16-17-18-19-20-21-22-23-24-25-26-27-28-29-30-31-32-33-34-40(45)49-37-39(44)38-50-42(41(46)47)48-36-35-43(2,3)4/h39,42,44H,5-38H2,1-4H3. The van der Waals surface area contributed by atoms with Crippen LogP contribution in [0.15, 0.2) is 0 Å². The van der Waals surface area contributed by atoms with Gasteiger partial charge in [-0.25, -0.2) is 0 Å². The molecule has 0 heterocycles. The molecule has 0 rings (SSSR count). The SMILES string of the molecule is CCCCCCCCCCCCCCCCCCCCCCCCCCCCCCCC(=O)OCC(O)COC(OCC[N+](C)(C)C)C(=O)[O-]. The Hall–Kier alpha value is -1.22. The minimum absolute atomic E-state index is 0.174. The number of hydrogen-bond donors (Lipinski definition) is 1. The molecular formula is C42H83NO7. The van der Waals surface area contributed by atoms with Gasteiger partial charge in [-0.2, -0.15) is 0 Å². The summed E-state index contributed by atoms with van der Waals surface area (Å²) in [7, 11) is 5.88. The first-order chi connectivity index (χ1) is 24.2. The third-order valence-electron chi connectivity index (χ3n) is 9.58. The van der Waals surface area contributed by atoms with Gasteiger partial charge in [-0.1, -0.05) is 187 Å². The molecule has 298 valence electrons. The van der Waals surface area contributed by atoms with Crippen molar-refractivity contribution in [3.8, 4) is 0 Å². The number of unbranched alkanes of at least 4 members (excludes halogenated alkanes) is 28. The number of aliphatic carboxylic acids is 1. The van der Waals surface area contributed by atoms with Crippen molar-refractivity contribution in [3.05, 3.63) is 0 Å². The molecule has 0 saturated heterocycles. The Bertz CT molecular complexity index is 742. The third kappa shape index (κ3) is 38.0. The van der Waals surface area contributed by atoms with Crippen LogP contribution in [0.25, 0.3) is 0 Å². The van der Waals surface area contributed by atoms with E-state index in [-0.39, 0.29) is 25.8 Å². The van der Waals surface area contributed by atoms with Crippen molar-refractivity contribution in [2.45, 2.75) is 212 Å². The van der Waals surface area contributed by atoms with Crippen molar-refractivity contribution in [1.82, 2.24) is 0 Å². The fourth-order valence-electron chi connectivity index (χ4n) is 6.24. The molecular weight excluding hydrogens is 630 g/mol. The van der Waals surface area contributed by atoms with E-state index in [1.54, 1.807) is 0 Å². The minimum atomic E-state index is -1.57. The highest BCUT2D eigenvalue weighted by Crippen LogP contribution is 2.16. The average Bonchev–Trinajstić information content (AvgIpc) is 3.07. The van der Waals surface area contributed by atoms with E-state index in [4.69, 9.17) is 14.2 Å². The summed E-state index contributed by atoms with van der Waals surface area (Å²) in [5.41, 5.74) is 0. The first-order valence-corrected chi connectivity index (χ1v) is 21.2. The van der Waals surface area contributed by atoms with E-state index in [1.165, 1.54) is 167 Å². The van der Waals surface area contributed by atoms with E-state index in [1.807, 2.05) is 21.1 Å². The maximum Gasteiger partial charge on any atom is 0.305 e. The first kappa shape index (κ1) is 48.8. The molecule has 0 aromatic heterocycles. The van der Waals surface area contributed by atoms with Gasteiger partial charge in [0.1, 0.15) is 19.3 Å². The van der Waals surface area contributed by atoms with Gasteiger partial charge in [0.25, 0.3) is 0 Å². The zero-order valence-corrected chi connectivity index (χ0v) is 33.5. The number of esters is 1. The topological polar surface area (TPSA) is 105 Å². The van der Waals surface area contributed by atoms with Gasteiger partial charge in [0.05, 0.1) is 40.3 Å². The lowest BCUT2D eigenvalue weighted by Crippen LogP contribution is -2.44. The van der Waals surface area contributed by atoms with E-state index < -0.39 is 18.4 Å². The monoisotopic (exact) mass is 714 g/mol. The van der Waals surface area contributed by atoms with Crippen LogP contribution >= 0.6 is 0 Å². The molecule has 8 heteroatoms. The average molecular weight is 714 g/mol. The van der Waals surface area contributed by atoms with Crippen LogP contribution in [-0.2, 0) is 23.8 Å². The second-order valence-corrected chi connectivity index (χ2v) is 15.9. The predicted octanol–water partition coefficient (Wildman–Crippen LogP) is 9.43. The second kappa shape index (κ2) is 36.2. The van der Waals surface area contributed by atoms with Crippen LogP contribution in [0.5, 0.6) is 0 Å². The lowest BCUT2D eigenvalue weighted by molar-refractivity contribution is -0.870. The molecule has 0 radical (unpaired) electrons. The van der Waals surface area contributed by atoms with Crippen LogP contribution in [0.2, 0.25) is 0 Å². The summed E-state index contributed by atoms with van der Waals surface area (Å²) in [6.45, 7) is 2.49. The highest BCUT2D eigenvalue weighted by molar-refractivity contribution is 5.69. The van der Waals surface area contributed by atoms with Gasteiger partial charge in [-0.15, -0.1) is 0 Å². The summed E-state index contributed by atoms with van der Waals surface area (Å²) in [5.74, 6) is -1.86. The summed E-state index contributed by atoms with van der Waals surface area (Å²) in [5, 5.41) is 21.2. The summed E-state index contributed by atoms with van der Waals surface area (Å²) in [4.78, 5) is 23.2. The largest absolute Gasteiger partial charge is 0.545 e. The third-order valence-corrected chi connectivity index (χ3v) is 9.58. The lowest BCUT2D eigenvalue weighted by atomic mass is 10.0. The number of aliphatic hydroxyl groups excluding tert-OH is 1. The lowest BCUT2D eigenvalue weighted by Gasteiger charge is -2.26. The Morgan fingerprint density at radius 3 is 1.20 bits per heavy atom. The number of carboxylic acid groups (broad SMARTS) is 1. The molecule has 1 N–H and O–H groups in total. The number of carboxylic acids is 1. The van der Waals surface area contributed by atoms with Crippen molar-refractivity contribution in [2.24, 2.45) is 0 Å². The van der Waals surface area contributed by atoms with Crippen LogP contribution in [0.3, 0.4) is 0 Å². The number of carbonyl (C=O) groups is 2. The van der Waals surface area contributed by atoms with Crippen molar-refractivity contribution < 1.29 is 38.5 Å². The Kier molecular flexibility index (Phi) is 35.3. The number of hydrogen-bond acceptors (Lipinski definition) is 7. The Balaban J connectivity index is 3.36. The van der Waals surface area contributed by atoms with Gasteiger partial charge < -0.3 is 33.7 Å². The minimum Gasteiger partial charge on any atom is -0.545 e. The van der Waals surface area contributed by atoms with E-state index in [0.29, 0.717) is 17.4 Å².